The molecule has 0 unspecified atom stereocenters. The second-order valence-electron chi connectivity index (χ2n) is 3.24. The van der Waals surface area contributed by atoms with Crippen molar-refractivity contribution in [3.05, 3.63) is 16.4 Å². The molecule has 1 aromatic heterocycles. The van der Waals surface area contributed by atoms with Crippen LogP contribution >= 0.6 is 15.9 Å². The molecule has 2 amide bonds. The third-order valence-corrected chi connectivity index (χ3v) is 2.55. The first-order chi connectivity index (χ1) is 6.66. The molecule has 0 bridgehead atoms. The zero-order chi connectivity index (χ0) is 10.1. The monoisotopic (exact) mass is 259 g/mol. The molecular formula is C8H10BrN3O2. The molecule has 0 spiro atoms. The summed E-state index contributed by atoms with van der Waals surface area (Å²) < 4.78 is 5.66. The number of aromatic nitrogens is 1. The van der Waals surface area contributed by atoms with Crippen LogP contribution in [0.15, 0.2) is 15.2 Å². The Morgan fingerprint density at radius 3 is 2.93 bits per heavy atom. The van der Waals surface area contributed by atoms with Gasteiger partial charge in [0.25, 0.3) is 0 Å². The number of rotatable bonds is 2. The molecule has 1 aromatic rings. The topological polar surface area (TPSA) is 49.6 Å². The van der Waals surface area contributed by atoms with Gasteiger partial charge in [-0.15, -0.1) is 0 Å². The van der Waals surface area contributed by atoms with E-state index in [0.29, 0.717) is 16.9 Å². The van der Waals surface area contributed by atoms with Gasteiger partial charge in [-0.05, 0) is 15.9 Å². The Bertz CT molecular complexity index is 352. The van der Waals surface area contributed by atoms with Crippen molar-refractivity contribution >= 4 is 22.0 Å². The van der Waals surface area contributed by atoms with Crippen molar-refractivity contribution in [3.63, 3.8) is 0 Å². The summed E-state index contributed by atoms with van der Waals surface area (Å²) in [6.07, 6.45) is 0. The van der Waals surface area contributed by atoms with Gasteiger partial charge in [0.05, 0.1) is 6.54 Å². The van der Waals surface area contributed by atoms with Gasteiger partial charge in [0.15, 0.2) is 5.76 Å². The predicted octanol–water partition coefficient (Wildman–Crippen LogP) is 1.30. The molecule has 1 fully saturated rings. The fourth-order valence-corrected chi connectivity index (χ4v) is 1.73. The fraction of sp³-hybridized carbons (Fsp3) is 0.500. The molecule has 76 valence electrons. The lowest BCUT2D eigenvalue weighted by atomic mass is 10.4. The van der Waals surface area contributed by atoms with Crippen LogP contribution in [0.4, 0.5) is 4.79 Å². The van der Waals surface area contributed by atoms with E-state index in [-0.39, 0.29) is 6.03 Å². The number of carbonyl (C=O) groups is 1. The summed E-state index contributed by atoms with van der Waals surface area (Å²) in [4.78, 5) is 14.9. The number of hydrogen-bond acceptors (Lipinski definition) is 3. The molecule has 0 radical (unpaired) electrons. The molecule has 2 rings (SSSR count). The summed E-state index contributed by atoms with van der Waals surface area (Å²) in [5.74, 6) is 0.695. The average Bonchev–Trinajstić information content (AvgIpc) is 2.67. The first kappa shape index (κ1) is 9.51. The molecule has 14 heavy (non-hydrogen) atoms. The summed E-state index contributed by atoms with van der Waals surface area (Å²) in [7, 11) is 1.79. The molecule has 1 aliphatic rings. The van der Waals surface area contributed by atoms with E-state index in [2.05, 4.69) is 21.1 Å². The van der Waals surface area contributed by atoms with Crippen molar-refractivity contribution in [1.82, 2.24) is 15.0 Å². The van der Waals surface area contributed by atoms with E-state index < -0.39 is 0 Å². The van der Waals surface area contributed by atoms with Gasteiger partial charge in [-0.1, -0.05) is 5.16 Å². The van der Waals surface area contributed by atoms with Crippen LogP contribution in [-0.4, -0.2) is 41.1 Å². The number of carbonyl (C=O) groups excluding carboxylic acids is 1. The molecule has 0 atom stereocenters. The van der Waals surface area contributed by atoms with Crippen molar-refractivity contribution in [2.45, 2.75) is 6.54 Å². The molecule has 0 saturated carbocycles. The van der Waals surface area contributed by atoms with Gasteiger partial charge >= 0.3 is 6.03 Å². The van der Waals surface area contributed by atoms with E-state index >= 15 is 0 Å². The normalized spacial score (nSPS) is 16.9. The minimum absolute atomic E-state index is 0.0394. The molecule has 0 N–H and O–H groups in total. The average molecular weight is 260 g/mol. The summed E-state index contributed by atoms with van der Waals surface area (Å²) in [6.45, 7) is 2.00. The summed E-state index contributed by atoms with van der Waals surface area (Å²) in [5, 5.41) is 3.69. The highest BCUT2D eigenvalue weighted by Gasteiger charge is 2.26. The lowest BCUT2D eigenvalue weighted by molar-refractivity contribution is 0.192. The van der Waals surface area contributed by atoms with Gasteiger partial charge in [-0.3, -0.25) is 0 Å². The highest BCUT2D eigenvalue weighted by molar-refractivity contribution is 9.10. The second kappa shape index (κ2) is 3.61. The van der Waals surface area contributed by atoms with E-state index in [1.54, 1.807) is 22.9 Å². The van der Waals surface area contributed by atoms with Gasteiger partial charge in [-0.2, -0.15) is 0 Å². The van der Waals surface area contributed by atoms with E-state index in [0.717, 1.165) is 13.1 Å². The molecule has 2 heterocycles. The van der Waals surface area contributed by atoms with Crippen molar-refractivity contribution in [2.24, 2.45) is 0 Å². The Balaban J connectivity index is 2.02. The van der Waals surface area contributed by atoms with E-state index in [1.165, 1.54) is 0 Å². The van der Waals surface area contributed by atoms with Crippen LogP contribution in [0.25, 0.3) is 0 Å². The molecule has 5 nitrogen and oxygen atoms in total. The quantitative estimate of drug-likeness (QED) is 0.805. The van der Waals surface area contributed by atoms with Crippen LogP contribution in [0.1, 0.15) is 5.76 Å². The number of hydrogen-bond donors (Lipinski definition) is 0. The van der Waals surface area contributed by atoms with Gasteiger partial charge in [-0.25, -0.2) is 4.79 Å². The smallest absolute Gasteiger partial charge is 0.320 e. The minimum atomic E-state index is 0.0394. The number of halogens is 1. The molecular weight excluding hydrogens is 250 g/mol. The van der Waals surface area contributed by atoms with Gasteiger partial charge in [0, 0.05) is 26.2 Å². The van der Waals surface area contributed by atoms with Gasteiger partial charge in [0.2, 0.25) is 0 Å². The Kier molecular flexibility index (Phi) is 2.45. The molecule has 1 aliphatic heterocycles. The first-order valence-electron chi connectivity index (χ1n) is 4.28. The standard InChI is InChI=1S/C8H10BrN3O2/c1-11-2-3-12(8(11)13)5-6-4-7(9)10-14-6/h4H,2-3,5H2,1H3. The maximum Gasteiger partial charge on any atom is 0.320 e. The molecule has 6 heteroatoms. The fourth-order valence-electron chi connectivity index (χ4n) is 1.40. The zero-order valence-corrected chi connectivity index (χ0v) is 9.32. The number of amides is 2. The predicted molar refractivity (Wildman–Crippen MR) is 52.6 cm³/mol. The minimum Gasteiger partial charge on any atom is -0.358 e. The van der Waals surface area contributed by atoms with Crippen molar-refractivity contribution < 1.29 is 9.32 Å². The second-order valence-corrected chi connectivity index (χ2v) is 4.05. The molecule has 0 aromatic carbocycles. The van der Waals surface area contributed by atoms with Crippen molar-refractivity contribution in [1.29, 1.82) is 0 Å². The SMILES string of the molecule is CN1CCN(Cc2cc(Br)no2)C1=O. The number of likely N-dealkylation sites (N-methyl/N-ethyl adjacent to an activating group) is 1. The highest BCUT2D eigenvalue weighted by atomic mass is 79.9. The Morgan fingerprint density at radius 2 is 2.43 bits per heavy atom. The van der Waals surface area contributed by atoms with Crippen molar-refractivity contribution in [3.8, 4) is 0 Å². The third kappa shape index (κ3) is 1.75. The maximum atomic E-state index is 11.5. The summed E-state index contributed by atoms with van der Waals surface area (Å²) >= 11 is 3.19. The highest BCUT2D eigenvalue weighted by Crippen LogP contribution is 2.15. The Morgan fingerprint density at radius 1 is 1.64 bits per heavy atom. The van der Waals surface area contributed by atoms with E-state index in [9.17, 15) is 4.79 Å². The summed E-state index contributed by atoms with van der Waals surface area (Å²) in [5.41, 5.74) is 0. The lowest BCUT2D eigenvalue weighted by Crippen LogP contribution is -2.28. The van der Waals surface area contributed by atoms with Crippen LogP contribution in [0.5, 0.6) is 0 Å². The number of urea groups is 1. The third-order valence-electron chi connectivity index (χ3n) is 2.18. The Hall–Kier alpha value is -1.04. The van der Waals surface area contributed by atoms with Crippen LogP contribution in [-0.2, 0) is 6.54 Å². The van der Waals surface area contributed by atoms with Crippen LogP contribution in [0.2, 0.25) is 0 Å². The lowest BCUT2D eigenvalue weighted by Gasteiger charge is -2.13. The maximum absolute atomic E-state index is 11.5. The first-order valence-corrected chi connectivity index (χ1v) is 5.07. The number of nitrogens with zero attached hydrogens (tertiary/aromatic N) is 3. The molecule has 1 saturated heterocycles. The van der Waals surface area contributed by atoms with Crippen LogP contribution in [0, 0.1) is 0 Å². The molecule has 0 aliphatic carbocycles. The van der Waals surface area contributed by atoms with Crippen LogP contribution in [0.3, 0.4) is 0 Å². The van der Waals surface area contributed by atoms with Gasteiger partial charge < -0.3 is 14.3 Å². The van der Waals surface area contributed by atoms with Gasteiger partial charge in [0.1, 0.15) is 4.60 Å². The van der Waals surface area contributed by atoms with Crippen molar-refractivity contribution in [2.75, 3.05) is 20.1 Å². The Labute approximate surface area is 89.8 Å². The van der Waals surface area contributed by atoms with E-state index in [4.69, 9.17) is 4.52 Å². The van der Waals surface area contributed by atoms with E-state index in [1.807, 2.05) is 0 Å². The summed E-state index contributed by atoms with van der Waals surface area (Å²) in [6, 6.07) is 1.81. The van der Waals surface area contributed by atoms with Crippen LogP contribution < -0.4 is 0 Å². The zero-order valence-electron chi connectivity index (χ0n) is 7.73. The largest absolute Gasteiger partial charge is 0.358 e.